The lowest BCUT2D eigenvalue weighted by Gasteiger charge is -2.05. The first-order chi connectivity index (χ1) is 10.5. The number of methoxy groups -OCH3 is 1. The van der Waals surface area contributed by atoms with Crippen molar-refractivity contribution in [3.8, 4) is 5.75 Å². The third-order valence-corrected chi connectivity index (χ3v) is 4.59. The van der Waals surface area contributed by atoms with Gasteiger partial charge in [0.15, 0.2) is 0 Å². The van der Waals surface area contributed by atoms with E-state index in [2.05, 4.69) is 4.72 Å². The van der Waals surface area contributed by atoms with Gasteiger partial charge in [-0.2, -0.15) is 0 Å². The largest absolute Gasteiger partial charge is 0.497 e. The third kappa shape index (κ3) is 4.44. The molecule has 4 nitrogen and oxygen atoms in total. The van der Waals surface area contributed by atoms with Crippen LogP contribution in [0.5, 0.6) is 5.75 Å². The summed E-state index contributed by atoms with van der Waals surface area (Å²) < 4.78 is 31.8. The molecular weight excluding hydrogens is 298 g/mol. The second-order valence-electron chi connectivity index (χ2n) is 4.84. The van der Waals surface area contributed by atoms with E-state index in [1.165, 1.54) is 0 Å². The Morgan fingerprint density at radius 3 is 2.27 bits per heavy atom. The van der Waals surface area contributed by atoms with Crippen molar-refractivity contribution in [2.45, 2.75) is 11.8 Å². The van der Waals surface area contributed by atoms with E-state index in [1.807, 2.05) is 37.3 Å². The zero-order valence-corrected chi connectivity index (χ0v) is 13.4. The van der Waals surface area contributed by atoms with Crippen LogP contribution in [0.1, 0.15) is 11.1 Å². The van der Waals surface area contributed by atoms with Gasteiger partial charge in [-0.1, -0.05) is 42.0 Å². The number of benzene rings is 2. The minimum Gasteiger partial charge on any atom is -0.497 e. The predicted octanol–water partition coefficient (Wildman–Crippen LogP) is 3.00. The van der Waals surface area contributed by atoms with Crippen LogP contribution in [0.2, 0.25) is 0 Å². The second-order valence-corrected chi connectivity index (χ2v) is 6.61. The van der Waals surface area contributed by atoms with E-state index in [9.17, 15) is 8.42 Å². The number of rotatable bonds is 6. The molecule has 0 aromatic heterocycles. The van der Waals surface area contributed by atoms with Gasteiger partial charge < -0.3 is 4.74 Å². The maximum absolute atomic E-state index is 12.1. The first-order valence-corrected chi connectivity index (χ1v) is 8.36. The summed E-state index contributed by atoms with van der Waals surface area (Å²) in [6.45, 7) is 2.16. The van der Waals surface area contributed by atoms with Crippen molar-refractivity contribution in [1.29, 1.82) is 0 Å². The molecule has 0 fully saturated rings. The first-order valence-electron chi connectivity index (χ1n) is 6.88. The molecule has 2 aromatic carbocycles. The third-order valence-electron chi connectivity index (χ3n) is 3.15. The Hall–Kier alpha value is -2.11. The molecule has 2 rings (SSSR count). The van der Waals surface area contributed by atoms with Gasteiger partial charge in [-0.25, -0.2) is 13.1 Å². The molecule has 0 spiro atoms. The van der Waals surface area contributed by atoms with Gasteiger partial charge in [0, 0.05) is 6.54 Å². The molecule has 1 N–H and O–H groups in total. The van der Waals surface area contributed by atoms with Crippen molar-refractivity contribution in [1.82, 2.24) is 4.72 Å². The number of hydrogen-bond donors (Lipinski definition) is 1. The maximum Gasteiger partial charge on any atom is 0.240 e. The lowest BCUT2D eigenvalue weighted by Crippen LogP contribution is -2.23. The molecule has 0 unspecified atom stereocenters. The molecule has 22 heavy (non-hydrogen) atoms. The average molecular weight is 317 g/mol. The highest BCUT2D eigenvalue weighted by Crippen LogP contribution is 2.12. The zero-order chi connectivity index (χ0) is 16.0. The molecule has 0 bridgehead atoms. The van der Waals surface area contributed by atoms with Gasteiger partial charge in [0.1, 0.15) is 5.75 Å². The average Bonchev–Trinajstić information content (AvgIpc) is 2.52. The highest BCUT2D eigenvalue weighted by atomic mass is 32.2. The van der Waals surface area contributed by atoms with Gasteiger partial charge in [0.05, 0.1) is 12.0 Å². The van der Waals surface area contributed by atoms with E-state index in [0.717, 1.165) is 16.9 Å². The number of sulfonamides is 1. The van der Waals surface area contributed by atoms with Crippen LogP contribution in [0.15, 0.2) is 59.5 Å². The zero-order valence-electron chi connectivity index (χ0n) is 12.6. The molecule has 0 amide bonds. The number of aryl methyl sites for hydroxylation is 1. The van der Waals surface area contributed by atoms with Crippen molar-refractivity contribution in [3.05, 3.63) is 65.7 Å². The van der Waals surface area contributed by atoms with Gasteiger partial charge in [-0.15, -0.1) is 0 Å². The van der Waals surface area contributed by atoms with Crippen LogP contribution in [0.4, 0.5) is 0 Å². The van der Waals surface area contributed by atoms with E-state index in [-0.39, 0.29) is 11.4 Å². The Bertz CT molecular complexity index is 732. The Labute approximate surface area is 131 Å². The van der Waals surface area contributed by atoms with Crippen LogP contribution >= 0.6 is 0 Å². The standard InChI is InChI=1S/C17H19NO3S/c1-14-5-11-17(12-6-14)22(19,20)18-13-3-4-15-7-9-16(21-2)10-8-15/h3-12,18H,13H2,1-2H3/b4-3+. The van der Waals surface area contributed by atoms with Crippen molar-refractivity contribution >= 4 is 16.1 Å². The minimum atomic E-state index is -3.46. The van der Waals surface area contributed by atoms with Crippen LogP contribution < -0.4 is 9.46 Å². The van der Waals surface area contributed by atoms with Crippen molar-refractivity contribution < 1.29 is 13.2 Å². The summed E-state index contributed by atoms with van der Waals surface area (Å²) in [4.78, 5) is 0.274. The molecule has 0 saturated heterocycles. The molecular formula is C17H19NO3S. The van der Waals surface area contributed by atoms with Crippen LogP contribution in [-0.4, -0.2) is 22.1 Å². The molecule has 0 aliphatic rings. The number of nitrogens with one attached hydrogen (secondary N) is 1. The van der Waals surface area contributed by atoms with E-state index in [4.69, 9.17) is 4.74 Å². The fourth-order valence-corrected chi connectivity index (χ4v) is 2.85. The van der Waals surface area contributed by atoms with Crippen molar-refractivity contribution in [3.63, 3.8) is 0 Å². The summed E-state index contributed by atoms with van der Waals surface area (Å²) in [5.41, 5.74) is 2.01. The Morgan fingerprint density at radius 2 is 1.68 bits per heavy atom. The Balaban J connectivity index is 1.94. The fraction of sp³-hybridized carbons (Fsp3) is 0.176. The van der Waals surface area contributed by atoms with Crippen molar-refractivity contribution in [2.24, 2.45) is 0 Å². The normalized spacial score (nSPS) is 11.7. The van der Waals surface area contributed by atoms with E-state index in [0.29, 0.717) is 0 Å². The summed E-state index contributed by atoms with van der Waals surface area (Å²) in [6, 6.07) is 14.3. The van der Waals surface area contributed by atoms with Crippen molar-refractivity contribution in [2.75, 3.05) is 13.7 Å². The molecule has 0 atom stereocenters. The lowest BCUT2D eigenvalue weighted by atomic mass is 10.2. The SMILES string of the molecule is COc1ccc(/C=C/CNS(=O)(=O)c2ccc(C)cc2)cc1. The monoisotopic (exact) mass is 317 g/mol. The number of ether oxygens (including phenoxy) is 1. The summed E-state index contributed by atoms with van der Waals surface area (Å²) in [5.74, 6) is 0.789. The first kappa shape index (κ1) is 16.3. The molecule has 2 aromatic rings. The summed E-state index contributed by atoms with van der Waals surface area (Å²) in [7, 11) is -1.85. The van der Waals surface area contributed by atoms with Gasteiger partial charge in [-0.05, 0) is 36.8 Å². The Kier molecular flexibility index (Phi) is 5.35. The topological polar surface area (TPSA) is 55.4 Å². The summed E-state index contributed by atoms with van der Waals surface area (Å²) in [5, 5.41) is 0. The van der Waals surface area contributed by atoms with Gasteiger partial charge in [-0.3, -0.25) is 0 Å². The molecule has 116 valence electrons. The second kappa shape index (κ2) is 7.24. The Morgan fingerprint density at radius 1 is 1.05 bits per heavy atom. The predicted molar refractivity (Wildman–Crippen MR) is 88.4 cm³/mol. The number of hydrogen-bond acceptors (Lipinski definition) is 3. The molecule has 5 heteroatoms. The van der Waals surface area contributed by atoms with E-state index < -0.39 is 10.0 Å². The summed E-state index contributed by atoms with van der Waals surface area (Å²) >= 11 is 0. The van der Waals surface area contributed by atoms with Crippen LogP contribution in [0.25, 0.3) is 6.08 Å². The minimum absolute atomic E-state index is 0.238. The molecule has 0 heterocycles. The van der Waals surface area contributed by atoms with E-state index >= 15 is 0 Å². The molecule has 0 aliphatic heterocycles. The fourth-order valence-electron chi connectivity index (χ4n) is 1.87. The molecule has 0 aliphatic carbocycles. The quantitative estimate of drug-likeness (QED) is 0.891. The maximum atomic E-state index is 12.1. The van der Waals surface area contributed by atoms with Gasteiger partial charge in [0.2, 0.25) is 10.0 Å². The molecule has 0 radical (unpaired) electrons. The van der Waals surface area contributed by atoms with Gasteiger partial charge >= 0.3 is 0 Å². The smallest absolute Gasteiger partial charge is 0.240 e. The lowest BCUT2D eigenvalue weighted by molar-refractivity contribution is 0.415. The van der Waals surface area contributed by atoms with Crippen LogP contribution in [-0.2, 0) is 10.0 Å². The van der Waals surface area contributed by atoms with Crippen LogP contribution in [0.3, 0.4) is 0 Å². The molecule has 0 saturated carbocycles. The highest BCUT2D eigenvalue weighted by molar-refractivity contribution is 7.89. The summed E-state index contributed by atoms with van der Waals surface area (Å²) in [6.07, 6.45) is 3.63. The van der Waals surface area contributed by atoms with Gasteiger partial charge in [0.25, 0.3) is 0 Å². The van der Waals surface area contributed by atoms with E-state index in [1.54, 1.807) is 37.5 Å². The highest BCUT2D eigenvalue weighted by Gasteiger charge is 2.11. The van der Waals surface area contributed by atoms with Crippen LogP contribution in [0, 0.1) is 6.92 Å².